The second-order valence-corrected chi connectivity index (χ2v) is 6.62. The molecule has 5 heteroatoms. The van der Waals surface area contributed by atoms with Crippen molar-refractivity contribution in [3.05, 3.63) is 45.8 Å². The Morgan fingerprint density at radius 1 is 1.44 bits per heavy atom. The number of hydrogen-bond donors (Lipinski definition) is 1. The van der Waals surface area contributed by atoms with Gasteiger partial charge in [0.2, 0.25) is 0 Å². The zero-order valence-electron chi connectivity index (χ0n) is 8.56. The third-order valence-electron chi connectivity index (χ3n) is 2.39. The number of nitrogens with one attached hydrogen (secondary N) is 1. The van der Waals surface area contributed by atoms with Crippen molar-refractivity contribution in [2.45, 2.75) is 12.6 Å². The molecule has 0 saturated heterocycles. The van der Waals surface area contributed by atoms with Crippen LogP contribution in [-0.2, 0) is 16.4 Å². The standard InChI is InChI=1S/C11H12BrNO2S/c12-10-3-1-2-9(6-10)7-13-11-4-5-16(14,15)8-11/h1-6,11,13H,7-8H2. The number of benzene rings is 1. The predicted molar refractivity (Wildman–Crippen MR) is 67.7 cm³/mol. The molecule has 3 nitrogen and oxygen atoms in total. The summed E-state index contributed by atoms with van der Waals surface area (Å²) in [6.45, 7) is 0.671. The van der Waals surface area contributed by atoms with E-state index >= 15 is 0 Å². The first-order chi connectivity index (χ1) is 7.55. The zero-order chi connectivity index (χ0) is 11.6. The van der Waals surface area contributed by atoms with Crippen molar-refractivity contribution < 1.29 is 8.42 Å². The molecular formula is C11H12BrNO2S. The maximum absolute atomic E-state index is 11.2. The Balaban J connectivity index is 1.92. The molecule has 0 radical (unpaired) electrons. The van der Waals surface area contributed by atoms with Crippen LogP contribution >= 0.6 is 15.9 Å². The summed E-state index contributed by atoms with van der Waals surface area (Å²) in [5.74, 6) is 0.168. The zero-order valence-corrected chi connectivity index (χ0v) is 11.0. The third-order valence-corrected chi connectivity index (χ3v) is 4.28. The highest BCUT2D eigenvalue weighted by Gasteiger charge is 2.20. The van der Waals surface area contributed by atoms with E-state index in [1.165, 1.54) is 5.41 Å². The molecule has 1 unspecified atom stereocenters. The van der Waals surface area contributed by atoms with Crippen molar-refractivity contribution in [2.75, 3.05) is 5.75 Å². The van der Waals surface area contributed by atoms with E-state index in [1.54, 1.807) is 6.08 Å². The molecule has 2 rings (SSSR count). The first-order valence-corrected chi connectivity index (χ1v) is 7.45. The molecule has 1 aliphatic heterocycles. The lowest BCUT2D eigenvalue weighted by molar-refractivity contribution is 0.590. The summed E-state index contributed by atoms with van der Waals surface area (Å²) in [6.07, 6.45) is 1.70. The Morgan fingerprint density at radius 2 is 2.25 bits per heavy atom. The molecule has 0 aliphatic carbocycles. The van der Waals surface area contributed by atoms with Crippen molar-refractivity contribution in [2.24, 2.45) is 0 Å². The van der Waals surface area contributed by atoms with Gasteiger partial charge >= 0.3 is 0 Å². The lowest BCUT2D eigenvalue weighted by Crippen LogP contribution is -2.29. The summed E-state index contributed by atoms with van der Waals surface area (Å²) in [7, 11) is -2.96. The van der Waals surface area contributed by atoms with E-state index in [0.717, 1.165) is 10.0 Å². The van der Waals surface area contributed by atoms with Crippen LogP contribution in [-0.4, -0.2) is 20.2 Å². The Morgan fingerprint density at radius 3 is 2.88 bits per heavy atom. The molecule has 1 aromatic rings. The lowest BCUT2D eigenvalue weighted by Gasteiger charge is -2.09. The second kappa shape index (κ2) is 4.69. The Labute approximate surface area is 104 Å². The predicted octanol–water partition coefficient (Wildman–Crippen LogP) is 1.85. The summed E-state index contributed by atoms with van der Waals surface area (Å²) >= 11 is 3.40. The Bertz CT molecular complexity index is 510. The van der Waals surface area contributed by atoms with E-state index in [4.69, 9.17) is 0 Å². The van der Waals surface area contributed by atoms with E-state index in [1.807, 2.05) is 24.3 Å². The van der Waals surface area contributed by atoms with Crippen LogP contribution in [0.4, 0.5) is 0 Å². The minimum atomic E-state index is -2.96. The van der Waals surface area contributed by atoms with Gasteiger partial charge in [-0.15, -0.1) is 0 Å². The van der Waals surface area contributed by atoms with Crippen molar-refractivity contribution in [1.82, 2.24) is 5.32 Å². The molecular weight excluding hydrogens is 290 g/mol. The molecule has 0 saturated carbocycles. The SMILES string of the molecule is O=S1(=O)C=CC(NCc2cccc(Br)c2)C1. The van der Waals surface area contributed by atoms with Gasteiger partial charge in [-0.3, -0.25) is 0 Å². The van der Waals surface area contributed by atoms with Gasteiger partial charge in [0.25, 0.3) is 0 Å². The number of halogens is 1. The highest BCUT2D eigenvalue weighted by molar-refractivity contribution is 9.10. The van der Waals surface area contributed by atoms with E-state index in [0.29, 0.717) is 6.54 Å². The summed E-state index contributed by atoms with van der Waals surface area (Å²) in [5, 5.41) is 4.48. The summed E-state index contributed by atoms with van der Waals surface area (Å²) < 4.78 is 23.4. The van der Waals surface area contributed by atoms with Gasteiger partial charge in [0.05, 0.1) is 5.75 Å². The van der Waals surface area contributed by atoms with Gasteiger partial charge in [-0.25, -0.2) is 8.42 Å². The summed E-state index contributed by atoms with van der Waals surface area (Å²) in [4.78, 5) is 0. The van der Waals surface area contributed by atoms with Gasteiger partial charge < -0.3 is 5.32 Å². The van der Waals surface area contributed by atoms with Crippen molar-refractivity contribution >= 4 is 25.8 Å². The largest absolute Gasteiger partial charge is 0.305 e. The van der Waals surface area contributed by atoms with Crippen LogP contribution < -0.4 is 5.32 Å². The van der Waals surface area contributed by atoms with Crippen molar-refractivity contribution in [3.8, 4) is 0 Å². The lowest BCUT2D eigenvalue weighted by atomic mass is 10.2. The van der Waals surface area contributed by atoms with Crippen LogP contribution in [0.5, 0.6) is 0 Å². The van der Waals surface area contributed by atoms with Crippen LogP contribution in [0.25, 0.3) is 0 Å². The topological polar surface area (TPSA) is 46.2 Å². The maximum atomic E-state index is 11.2. The molecule has 1 aliphatic rings. The van der Waals surface area contributed by atoms with E-state index in [-0.39, 0.29) is 11.8 Å². The molecule has 0 amide bonds. The molecule has 16 heavy (non-hydrogen) atoms. The molecule has 0 aromatic heterocycles. The van der Waals surface area contributed by atoms with Gasteiger partial charge in [-0.1, -0.05) is 34.1 Å². The van der Waals surface area contributed by atoms with Crippen molar-refractivity contribution in [1.29, 1.82) is 0 Å². The van der Waals surface area contributed by atoms with Crippen LogP contribution in [0.1, 0.15) is 5.56 Å². The van der Waals surface area contributed by atoms with Crippen LogP contribution in [0.2, 0.25) is 0 Å². The number of sulfone groups is 1. The average Bonchev–Trinajstić information content (AvgIpc) is 2.56. The highest BCUT2D eigenvalue weighted by atomic mass is 79.9. The van der Waals surface area contributed by atoms with Gasteiger partial charge in [-0.05, 0) is 17.7 Å². The number of rotatable bonds is 3. The normalized spacial score (nSPS) is 22.4. The molecule has 1 N–H and O–H groups in total. The average molecular weight is 302 g/mol. The van der Waals surface area contributed by atoms with E-state index in [2.05, 4.69) is 21.2 Å². The Hall–Kier alpha value is -0.650. The van der Waals surface area contributed by atoms with Crippen LogP contribution in [0.3, 0.4) is 0 Å². The minimum Gasteiger partial charge on any atom is -0.305 e. The van der Waals surface area contributed by atoms with Gasteiger partial charge in [0.15, 0.2) is 9.84 Å². The molecule has 0 bridgehead atoms. The molecule has 1 heterocycles. The fourth-order valence-corrected chi connectivity index (χ4v) is 3.32. The first kappa shape index (κ1) is 11.8. The molecule has 1 aromatic carbocycles. The fourth-order valence-electron chi connectivity index (χ4n) is 1.60. The summed E-state index contributed by atoms with van der Waals surface area (Å²) in [5.41, 5.74) is 1.13. The monoisotopic (exact) mass is 301 g/mol. The summed E-state index contributed by atoms with van der Waals surface area (Å²) in [6, 6.07) is 7.88. The van der Waals surface area contributed by atoms with Crippen LogP contribution in [0.15, 0.2) is 40.2 Å². The van der Waals surface area contributed by atoms with Gasteiger partial charge in [0, 0.05) is 22.5 Å². The second-order valence-electron chi connectivity index (χ2n) is 3.78. The van der Waals surface area contributed by atoms with Crippen molar-refractivity contribution in [3.63, 3.8) is 0 Å². The van der Waals surface area contributed by atoms with E-state index < -0.39 is 9.84 Å². The quantitative estimate of drug-likeness (QED) is 0.927. The molecule has 0 fully saturated rings. The first-order valence-electron chi connectivity index (χ1n) is 4.94. The van der Waals surface area contributed by atoms with E-state index in [9.17, 15) is 8.42 Å². The number of hydrogen-bond acceptors (Lipinski definition) is 3. The Kier molecular flexibility index (Phi) is 3.47. The fraction of sp³-hybridized carbons (Fsp3) is 0.273. The molecule has 86 valence electrons. The molecule has 0 spiro atoms. The van der Waals surface area contributed by atoms with Gasteiger partial charge in [-0.2, -0.15) is 0 Å². The minimum absolute atomic E-state index is 0.0658. The molecule has 1 atom stereocenters. The highest BCUT2D eigenvalue weighted by Crippen LogP contribution is 2.13. The van der Waals surface area contributed by atoms with Gasteiger partial charge in [0.1, 0.15) is 0 Å². The third kappa shape index (κ3) is 3.17. The maximum Gasteiger partial charge on any atom is 0.173 e. The van der Waals surface area contributed by atoms with Crippen LogP contribution in [0, 0.1) is 0 Å². The smallest absolute Gasteiger partial charge is 0.173 e.